The van der Waals surface area contributed by atoms with Crippen LogP contribution in [0.25, 0.3) is 16.9 Å². The number of aromatic nitrogens is 3. The number of benzene rings is 1. The summed E-state index contributed by atoms with van der Waals surface area (Å²) in [4.78, 5) is 4.79. The minimum Gasteiger partial charge on any atom is -0.399 e. The molecule has 0 spiro atoms. The van der Waals surface area contributed by atoms with Crippen molar-refractivity contribution in [2.45, 2.75) is 38.9 Å². The van der Waals surface area contributed by atoms with Gasteiger partial charge in [-0.25, -0.2) is 9.50 Å². The number of hydrogen-bond acceptors (Lipinski definition) is 4. The zero-order valence-corrected chi connectivity index (χ0v) is 14.4. The maximum atomic E-state index is 6.15. The third-order valence-electron chi connectivity index (χ3n) is 4.97. The highest BCUT2D eigenvalue weighted by molar-refractivity contribution is 6.64. The molecule has 0 amide bonds. The molecule has 3 heterocycles. The molecule has 0 aliphatic carbocycles. The van der Waals surface area contributed by atoms with Crippen LogP contribution in [-0.4, -0.2) is 32.9 Å². The largest absolute Gasteiger partial charge is 0.500 e. The molecule has 1 aliphatic rings. The molecule has 122 valence electrons. The lowest BCUT2D eigenvalue weighted by atomic mass is 9.81. The van der Waals surface area contributed by atoms with Crippen molar-refractivity contribution in [2.24, 2.45) is 0 Å². The van der Waals surface area contributed by atoms with Gasteiger partial charge in [-0.05, 0) is 33.8 Å². The summed E-state index contributed by atoms with van der Waals surface area (Å²) >= 11 is 0. The van der Waals surface area contributed by atoms with Crippen LogP contribution in [0.4, 0.5) is 0 Å². The molecular weight excluding hydrogens is 301 g/mol. The van der Waals surface area contributed by atoms with Gasteiger partial charge in [0.1, 0.15) is 0 Å². The summed E-state index contributed by atoms with van der Waals surface area (Å²) in [7, 11) is -0.467. The van der Waals surface area contributed by atoms with Crippen LogP contribution in [-0.2, 0) is 9.31 Å². The SMILES string of the molecule is CC1(C)OB(c2cnn3ccc(-c4ccccc4)nc23)OC1(C)C. The van der Waals surface area contributed by atoms with E-state index in [4.69, 9.17) is 14.3 Å². The van der Waals surface area contributed by atoms with E-state index in [-0.39, 0.29) is 11.2 Å². The lowest BCUT2D eigenvalue weighted by molar-refractivity contribution is 0.00578. The highest BCUT2D eigenvalue weighted by Crippen LogP contribution is 2.36. The minimum atomic E-state index is -0.467. The van der Waals surface area contributed by atoms with E-state index in [1.807, 2.05) is 70.3 Å². The van der Waals surface area contributed by atoms with Crippen molar-refractivity contribution in [1.29, 1.82) is 0 Å². The van der Waals surface area contributed by atoms with Crippen molar-refractivity contribution >= 4 is 18.2 Å². The van der Waals surface area contributed by atoms with E-state index < -0.39 is 7.12 Å². The van der Waals surface area contributed by atoms with Crippen LogP contribution in [0.15, 0.2) is 48.8 Å². The molecule has 0 N–H and O–H groups in total. The monoisotopic (exact) mass is 321 g/mol. The summed E-state index contributed by atoms with van der Waals surface area (Å²) in [5.74, 6) is 0. The number of rotatable bonds is 2. The molecule has 1 saturated heterocycles. The topological polar surface area (TPSA) is 48.7 Å². The first-order valence-corrected chi connectivity index (χ1v) is 8.13. The van der Waals surface area contributed by atoms with Gasteiger partial charge in [-0.1, -0.05) is 30.3 Å². The van der Waals surface area contributed by atoms with E-state index in [9.17, 15) is 0 Å². The van der Waals surface area contributed by atoms with E-state index in [1.54, 1.807) is 10.7 Å². The Labute approximate surface area is 141 Å². The molecule has 0 unspecified atom stereocenters. The first-order chi connectivity index (χ1) is 11.4. The van der Waals surface area contributed by atoms with Crippen molar-refractivity contribution in [3.63, 3.8) is 0 Å². The molecule has 6 heteroatoms. The first kappa shape index (κ1) is 15.4. The maximum Gasteiger partial charge on any atom is 0.500 e. The predicted octanol–water partition coefficient (Wildman–Crippen LogP) is 2.70. The molecule has 5 nitrogen and oxygen atoms in total. The van der Waals surface area contributed by atoms with Gasteiger partial charge in [-0.2, -0.15) is 5.10 Å². The molecule has 2 aromatic heterocycles. The smallest absolute Gasteiger partial charge is 0.399 e. The van der Waals surface area contributed by atoms with Crippen molar-refractivity contribution in [3.05, 3.63) is 48.8 Å². The lowest BCUT2D eigenvalue weighted by Crippen LogP contribution is -2.41. The van der Waals surface area contributed by atoms with E-state index in [0.29, 0.717) is 0 Å². The maximum absolute atomic E-state index is 6.15. The molecule has 4 rings (SSSR count). The van der Waals surface area contributed by atoms with Crippen LogP contribution in [0.1, 0.15) is 27.7 Å². The zero-order valence-electron chi connectivity index (χ0n) is 14.4. The van der Waals surface area contributed by atoms with E-state index in [0.717, 1.165) is 22.4 Å². The molecule has 1 aliphatic heterocycles. The van der Waals surface area contributed by atoms with Gasteiger partial charge in [-0.3, -0.25) is 0 Å². The van der Waals surface area contributed by atoms with Gasteiger partial charge in [0.05, 0.1) is 23.1 Å². The van der Waals surface area contributed by atoms with Crippen LogP contribution in [0.3, 0.4) is 0 Å². The van der Waals surface area contributed by atoms with Crippen LogP contribution in [0.5, 0.6) is 0 Å². The predicted molar refractivity (Wildman–Crippen MR) is 94.1 cm³/mol. The Bertz CT molecular complexity index is 874. The second-order valence-electron chi connectivity index (χ2n) is 7.14. The third kappa shape index (κ3) is 2.34. The molecule has 0 atom stereocenters. The van der Waals surface area contributed by atoms with Crippen molar-refractivity contribution in [1.82, 2.24) is 14.6 Å². The molecule has 1 aromatic carbocycles. The standard InChI is InChI=1S/C18H20BN3O2/c1-17(2)18(3,4)24-19(23-17)14-12-20-22-11-10-15(21-16(14)22)13-8-6-5-7-9-13/h5-12H,1-4H3. The second kappa shape index (κ2) is 5.16. The van der Waals surface area contributed by atoms with Crippen molar-refractivity contribution in [3.8, 4) is 11.3 Å². The average molecular weight is 321 g/mol. The summed E-state index contributed by atoms with van der Waals surface area (Å²) in [5, 5.41) is 4.39. The molecule has 0 bridgehead atoms. The van der Waals surface area contributed by atoms with Gasteiger partial charge in [0.25, 0.3) is 0 Å². The Morgan fingerprint density at radius 1 is 0.958 bits per heavy atom. The Morgan fingerprint density at radius 3 is 2.29 bits per heavy atom. The first-order valence-electron chi connectivity index (χ1n) is 8.13. The summed E-state index contributed by atoms with van der Waals surface area (Å²) in [6.07, 6.45) is 3.69. The van der Waals surface area contributed by atoms with Gasteiger partial charge in [0.15, 0.2) is 5.65 Å². The highest BCUT2D eigenvalue weighted by atomic mass is 16.7. The Balaban J connectivity index is 1.78. The quantitative estimate of drug-likeness (QED) is 0.681. The summed E-state index contributed by atoms with van der Waals surface area (Å²) in [6, 6.07) is 12.1. The van der Waals surface area contributed by atoms with Gasteiger partial charge in [0.2, 0.25) is 0 Å². The van der Waals surface area contributed by atoms with Gasteiger partial charge in [-0.15, -0.1) is 0 Å². The van der Waals surface area contributed by atoms with Crippen LogP contribution >= 0.6 is 0 Å². The summed E-state index contributed by atoms with van der Waals surface area (Å²) in [5.41, 5.74) is 2.81. The Hall–Kier alpha value is -2.18. The number of hydrogen-bond donors (Lipinski definition) is 0. The number of fused-ring (bicyclic) bond motifs is 1. The van der Waals surface area contributed by atoms with E-state index >= 15 is 0 Å². The number of nitrogens with zero attached hydrogens (tertiary/aromatic N) is 3. The van der Waals surface area contributed by atoms with Crippen LogP contribution in [0, 0.1) is 0 Å². The average Bonchev–Trinajstić information content (AvgIpc) is 3.06. The van der Waals surface area contributed by atoms with Gasteiger partial charge >= 0.3 is 7.12 Å². The van der Waals surface area contributed by atoms with Crippen LogP contribution < -0.4 is 5.46 Å². The summed E-state index contributed by atoms with van der Waals surface area (Å²) in [6.45, 7) is 8.17. The molecule has 0 saturated carbocycles. The molecule has 1 fully saturated rings. The molecule has 3 aromatic rings. The second-order valence-corrected chi connectivity index (χ2v) is 7.14. The van der Waals surface area contributed by atoms with Gasteiger partial charge in [0, 0.05) is 17.2 Å². The Morgan fingerprint density at radius 2 is 1.62 bits per heavy atom. The Kier molecular flexibility index (Phi) is 3.30. The normalized spacial score (nSPS) is 19.1. The van der Waals surface area contributed by atoms with E-state index in [1.165, 1.54) is 0 Å². The molecule has 24 heavy (non-hydrogen) atoms. The molecule has 0 radical (unpaired) electrons. The van der Waals surface area contributed by atoms with E-state index in [2.05, 4.69) is 5.10 Å². The zero-order chi connectivity index (χ0) is 16.9. The third-order valence-corrected chi connectivity index (χ3v) is 4.97. The highest BCUT2D eigenvalue weighted by Gasteiger charge is 2.52. The molecular formula is C18H20BN3O2. The fourth-order valence-corrected chi connectivity index (χ4v) is 2.79. The fourth-order valence-electron chi connectivity index (χ4n) is 2.79. The van der Waals surface area contributed by atoms with Crippen molar-refractivity contribution < 1.29 is 9.31 Å². The summed E-state index contributed by atoms with van der Waals surface area (Å²) < 4.78 is 14.0. The van der Waals surface area contributed by atoms with Crippen molar-refractivity contribution in [2.75, 3.05) is 0 Å². The lowest BCUT2D eigenvalue weighted by Gasteiger charge is -2.32. The minimum absolute atomic E-state index is 0.386. The fraction of sp³-hybridized carbons (Fsp3) is 0.333. The van der Waals surface area contributed by atoms with Gasteiger partial charge < -0.3 is 9.31 Å². The van der Waals surface area contributed by atoms with Crippen LogP contribution in [0.2, 0.25) is 0 Å².